The number of hydrogen-bond donors (Lipinski definition) is 0. The molecule has 3 rings (SSSR count). The molecule has 1 aliphatic heterocycles. The number of rotatable bonds is 5. The summed E-state index contributed by atoms with van der Waals surface area (Å²) in [6.45, 7) is 0.514. The van der Waals surface area contributed by atoms with Gasteiger partial charge in [-0.05, 0) is 43.2 Å². The molecule has 1 saturated heterocycles. The van der Waals surface area contributed by atoms with Gasteiger partial charge in [-0.15, -0.1) is 0 Å². The van der Waals surface area contributed by atoms with Gasteiger partial charge in [0.2, 0.25) is 5.91 Å². The fraction of sp³-hybridized carbons (Fsp3) is 0.316. The topological polar surface area (TPSA) is 86.1 Å². The van der Waals surface area contributed by atoms with Crippen LogP contribution in [-0.2, 0) is 20.9 Å². The van der Waals surface area contributed by atoms with E-state index in [4.69, 9.17) is 9.15 Å². The number of piperidine rings is 1. The van der Waals surface area contributed by atoms with E-state index in [1.165, 1.54) is 19.4 Å². The van der Waals surface area contributed by atoms with Crippen LogP contribution < -0.4 is 4.90 Å². The smallest absolute Gasteiger partial charge is 0.341 e. The van der Waals surface area contributed by atoms with Crippen LogP contribution in [0.5, 0.6) is 0 Å². The molecule has 26 heavy (non-hydrogen) atoms. The quantitative estimate of drug-likeness (QED) is 0.765. The van der Waals surface area contributed by atoms with Crippen LogP contribution >= 0.6 is 0 Å². The first-order valence-corrected chi connectivity index (χ1v) is 8.32. The summed E-state index contributed by atoms with van der Waals surface area (Å²) in [6, 6.07) is 8.14. The summed E-state index contributed by atoms with van der Waals surface area (Å²) in [6.07, 6.45) is 3.77. The van der Waals surface area contributed by atoms with Gasteiger partial charge in [0.05, 0.1) is 18.9 Å². The lowest BCUT2D eigenvalue weighted by Gasteiger charge is -2.26. The van der Waals surface area contributed by atoms with E-state index in [0.29, 0.717) is 18.5 Å². The highest BCUT2D eigenvalue weighted by Gasteiger charge is 2.20. The molecule has 136 valence electrons. The number of furan rings is 1. The van der Waals surface area contributed by atoms with Gasteiger partial charge < -0.3 is 18.8 Å². The average Bonchev–Trinajstić information content (AvgIpc) is 3.14. The highest BCUT2D eigenvalue weighted by Crippen LogP contribution is 2.22. The van der Waals surface area contributed by atoms with Crippen molar-refractivity contribution in [3.8, 4) is 0 Å². The maximum Gasteiger partial charge on any atom is 0.341 e. The SMILES string of the molecule is COC(=O)c1ccoc1COC(=O)c1ccc(N2CCCCC2=O)cc1. The van der Waals surface area contributed by atoms with E-state index >= 15 is 0 Å². The normalized spacial score (nSPS) is 14.2. The summed E-state index contributed by atoms with van der Waals surface area (Å²) in [5, 5.41) is 0. The molecule has 0 aliphatic carbocycles. The Morgan fingerprint density at radius 3 is 2.58 bits per heavy atom. The average molecular weight is 357 g/mol. The van der Waals surface area contributed by atoms with Crippen LogP contribution in [-0.4, -0.2) is 31.5 Å². The largest absolute Gasteiger partial charge is 0.465 e. The van der Waals surface area contributed by atoms with Crippen LogP contribution in [0.4, 0.5) is 5.69 Å². The van der Waals surface area contributed by atoms with Crippen molar-refractivity contribution in [2.75, 3.05) is 18.6 Å². The lowest BCUT2D eigenvalue weighted by atomic mass is 10.1. The van der Waals surface area contributed by atoms with Crippen molar-refractivity contribution in [1.82, 2.24) is 0 Å². The summed E-state index contributed by atoms with van der Waals surface area (Å²) in [5.74, 6) is -0.783. The molecule has 1 aromatic heterocycles. The van der Waals surface area contributed by atoms with Crippen LogP contribution in [0.3, 0.4) is 0 Å². The lowest BCUT2D eigenvalue weighted by Crippen LogP contribution is -2.35. The first kappa shape index (κ1) is 17.7. The molecule has 1 fully saturated rings. The van der Waals surface area contributed by atoms with Gasteiger partial charge in [0.25, 0.3) is 0 Å². The second-order valence-corrected chi connectivity index (χ2v) is 5.87. The van der Waals surface area contributed by atoms with Crippen LogP contribution in [0.1, 0.15) is 45.7 Å². The Balaban J connectivity index is 1.63. The van der Waals surface area contributed by atoms with E-state index in [1.54, 1.807) is 29.2 Å². The van der Waals surface area contributed by atoms with Gasteiger partial charge in [-0.3, -0.25) is 4.79 Å². The monoisotopic (exact) mass is 357 g/mol. The maximum absolute atomic E-state index is 12.2. The molecule has 2 aromatic rings. The van der Waals surface area contributed by atoms with Crippen molar-refractivity contribution in [2.45, 2.75) is 25.9 Å². The van der Waals surface area contributed by atoms with Crippen LogP contribution in [0.25, 0.3) is 0 Å². The van der Waals surface area contributed by atoms with Crippen molar-refractivity contribution >= 4 is 23.5 Å². The van der Waals surface area contributed by atoms with Crippen molar-refractivity contribution in [2.24, 2.45) is 0 Å². The summed E-state index contributed by atoms with van der Waals surface area (Å²) in [5.41, 5.74) is 1.34. The molecule has 0 N–H and O–H groups in total. The molecule has 0 saturated carbocycles. The lowest BCUT2D eigenvalue weighted by molar-refractivity contribution is -0.119. The molecule has 1 aliphatic rings. The van der Waals surface area contributed by atoms with Gasteiger partial charge >= 0.3 is 11.9 Å². The fourth-order valence-corrected chi connectivity index (χ4v) is 2.82. The third-order valence-corrected chi connectivity index (χ3v) is 4.22. The predicted molar refractivity (Wildman–Crippen MR) is 91.8 cm³/mol. The molecular weight excluding hydrogens is 338 g/mol. The van der Waals surface area contributed by atoms with Crippen molar-refractivity contribution < 1.29 is 28.3 Å². The molecule has 0 unspecified atom stereocenters. The second-order valence-electron chi connectivity index (χ2n) is 5.87. The van der Waals surface area contributed by atoms with E-state index in [-0.39, 0.29) is 23.8 Å². The Morgan fingerprint density at radius 2 is 1.88 bits per heavy atom. The number of ether oxygens (including phenoxy) is 2. The Hall–Kier alpha value is -3.09. The number of hydrogen-bond acceptors (Lipinski definition) is 6. The summed E-state index contributed by atoms with van der Waals surface area (Å²) in [4.78, 5) is 37.4. The van der Waals surface area contributed by atoms with E-state index in [9.17, 15) is 14.4 Å². The summed E-state index contributed by atoms with van der Waals surface area (Å²) >= 11 is 0. The second kappa shape index (κ2) is 7.86. The minimum absolute atomic E-state index is 0.0970. The van der Waals surface area contributed by atoms with Crippen molar-refractivity contribution in [3.05, 3.63) is 53.5 Å². The molecule has 2 heterocycles. The highest BCUT2D eigenvalue weighted by molar-refractivity contribution is 5.95. The molecule has 7 heteroatoms. The number of amides is 1. The van der Waals surface area contributed by atoms with Crippen molar-refractivity contribution in [1.29, 1.82) is 0 Å². The van der Waals surface area contributed by atoms with Crippen molar-refractivity contribution in [3.63, 3.8) is 0 Å². The van der Waals surface area contributed by atoms with E-state index in [2.05, 4.69) is 4.74 Å². The Kier molecular flexibility index (Phi) is 5.36. The van der Waals surface area contributed by atoms with E-state index < -0.39 is 11.9 Å². The summed E-state index contributed by atoms with van der Waals surface area (Å²) < 4.78 is 15.0. The predicted octanol–water partition coefficient (Wildman–Crippen LogP) is 2.94. The number of methoxy groups -OCH3 is 1. The zero-order valence-corrected chi connectivity index (χ0v) is 14.4. The number of anilines is 1. The molecule has 1 amide bonds. The first-order valence-electron chi connectivity index (χ1n) is 8.32. The number of benzene rings is 1. The van der Waals surface area contributed by atoms with E-state index in [0.717, 1.165) is 18.5 Å². The van der Waals surface area contributed by atoms with Gasteiger partial charge in [-0.1, -0.05) is 0 Å². The van der Waals surface area contributed by atoms with E-state index in [1.807, 2.05) is 0 Å². The van der Waals surface area contributed by atoms with Crippen LogP contribution in [0, 0.1) is 0 Å². The Bertz CT molecular complexity index is 808. The molecule has 0 atom stereocenters. The molecule has 0 radical (unpaired) electrons. The van der Waals surface area contributed by atoms with Crippen LogP contribution in [0.2, 0.25) is 0 Å². The van der Waals surface area contributed by atoms with Gasteiger partial charge in [-0.25, -0.2) is 9.59 Å². The first-order chi connectivity index (χ1) is 12.6. The Morgan fingerprint density at radius 1 is 1.12 bits per heavy atom. The third kappa shape index (κ3) is 3.77. The molecule has 7 nitrogen and oxygen atoms in total. The number of carbonyl (C=O) groups excluding carboxylic acids is 3. The molecular formula is C19H19NO6. The van der Waals surface area contributed by atoms with Gasteiger partial charge in [0.1, 0.15) is 5.56 Å². The van der Waals surface area contributed by atoms with Gasteiger partial charge in [-0.2, -0.15) is 0 Å². The third-order valence-electron chi connectivity index (χ3n) is 4.22. The minimum Gasteiger partial charge on any atom is -0.465 e. The van der Waals surface area contributed by atoms with Gasteiger partial charge in [0.15, 0.2) is 12.4 Å². The molecule has 1 aromatic carbocycles. The number of nitrogens with zero attached hydrogens (tertiary/aromatic N) is 1. The standard InChI is InChI=1S/C19H19NO6/c1-24-19(23)15-9-11-25-16(15)12-26-18(22)13-5-7-14(8-6-13)20-10-3-2-4-17(20)21/h5-9,11H,2-4,10,12H2,1H3. The van der Waals surface area contributed by atoms with Crippen LogP contribution in [0.15, 0.2) is 41.0 Å². The fourth-order valence-electron chi connectivity index (χ4n) is 2.82. The maximum atomic E-state index is 12.2. The van der Waals surface area contributed by atoms with Gasteiger partial charge in [0, 0.05) is 18.7 Å². The number of carbonyl (C=O) groups is 3. The zero-order valence-electron chi connectivity index (χ0n) is 14.4. The molecule has 0 bridgehead atoms. The zero-order chi connectivity index (χ0) is 18.5. The highest BCUT2D eigenvalue weighted by atomic mass is 16.5. The number of esters is 2. The minimum atomic E-state index is -0.555. The summed E-state index contributed by atoms with van der Waals surface area (Å²) in [7, 11) is 1.26. The molecule has 0 spiro atoms. The Labute approximate surface area is 150 Å².